The van der Waals surface area contributed by atoms with Crippen LogP contribution in [0, 0.1) is 0 Å². The summed E-state index contributed by atoms with van der Waals surface area (Å²) in [5.74, 6) is -0.213. The normalized spacial score (nSPS) is 15.6. The predicted molar refractivity (Wildman–Crippen MR) is 86.4 cm³/mol. The molecule has 2 aromatic rings. The molecule has 0 bridgehead atoms. The first-order valence-electron chi connectivity index (χ1n) is 7.61. The van der Waals surface area contributed by atoms with E-state index in [0.717, 1.165) is 18.8 Å². The predicted octanol–water partition coefficient (Wildman–Crippen LogP) is 1.04. The number of aromatic hydroxyl groups is 1. The fraction of sp³-hybridized carbons (Fsp3) is 0.294. The summed E-state index contributed by atoms with van der Waals surface area (Å²) in [6, 6.07) is 10.7. The number of pyridine rings is 1. The molecular weight excluding hydrogens is 294 g/mol. The zero-order valence-electron chi connectivity index (χ0n) is 12.7. The minimum Gasteiger partial charge on any atom is -0.503 e. The number of hydrogen-bond acceptors (Lipinski definition) is 4. The van der Waals surface area contributed by atoms with E-state index in [1.54, 1.807) is 0 Å². The molecule has 1 aliphatic heterocycles. The van der Waals surface area contributed by atoms with Crippen molar-refractivity contribution in [3.05, 3.63) is 64.1 Å². The van der Waals surface area contributed by atoms with Crippen molar-refractivity contribution in [2.75, 3.05) is 26.2 Å². The van der Waals surface area contributed by atoms with Crippen LogP contribution >= 0.6 is 0 Å². The van der Waals surface area contributed by atoms with Crippen LogP contribution in [0.2, 0.25) is 0 Å². The number of amides is 1. The van der Waals surface area contributed by atoms with Crippen molar-refractivity contribution in [3.63, 3.8) is 0 Å². The van der Waals surface area contributed by atoms with E-state index < -0.39 is 0 Å². The Balaban J connectivity index is 1.57. The van der Waals surface area contributed by atoms with E-state index in [-0.39, 0.29) is 17.1 Å². The van der Waals surface area contributed by atoms with Crippen molar-refractivity contribution in [2.45, 2.75) is 6.54 Å². The molecule has 1 aromatic heterocycles. The summed E-state index contributed by atoms with van der Waals surface area (Å²) in [5.41, 5.74) is 1.09. The number of benzene rings is 1. The van der Waals surface area contributed by atoms with Crippen molar-refractivity contribution < 1.29 is 9.90 Å². The van der Waals surface area contributed by atoms with Crippen LogP contribution in [0.1, 0.15) is 16.1 Å². The molecular formula is C17H19N3O3. The zero-order chi connectivity index (χ0) is 16.2. The van der Waals surface area contributed by atoms with Gasteiger partial charge in [-0.25, -0.2) is 0 Å². The van der Waals surface area contributed by atoms with Crippen molar-refractivity contribution in [3.8, 4) is 5.75 Å². The smallest absolute Gasteiger partial charge is 0.253 e. The number of piperazine rings is 1. The average Bonchev–Trinajstić information content (AvgIpc) is 2.59. The van der Waals surface area contributed by atoms with Gasteiger partial charge in [0.2, 0.25) is 5.43 Å². The molecule has 0 saturated carbocycles. The number of nitrogens with zero attached hydrogens (tertiary/aromatic N) is 2. The summed E-state index contributed by atoms with van der Waals surface area (Å²) in [5, 5.41) is 9.25. The fourth-order valence-electron chi connectivity index (χ4n) is 2.71. The molecule has 1 saturated heterocycles. The third-order valence-corrected chi connectivity index (χ3v) is 4.03. The Kier molecular flexibility index (Phi) is 4.43. The first kappa shape index (κ1) is 15.3. The van der Waals surface area contributed by atoms with Crippen molar-refractivity contribution >= 4 is 5.91 Å². The monoisotopic (exact) mass is 313 g/mol. The lowest BCUT2D eigenvalue weighted by Crippen LogP contribution is -2.48. The van der Waals surface area contributed by atoms with E-state index >= 15 is 0 Å². The highest BCUT2D eigenvalue weighted by atomic mass is 16.3. The number of nitrogens with one attached hydrogen (secondary N) is 1. The molecule has 23 heavy (non-hydrogen) atoms. The minimum atomic E-state index is -0.378. The van der Waals surface area contributed by atoms with Gasteiger partial charge in [-0.15, -0.1) is 0 Å². The number of rotatable bonds is 3. The van der Waals surface area contributed by atoms with Crippen molar-refractivity contribution in [1.29, 1.82) is 0 Å². The van der Waals surface area contributed by atoms with E-state index in [2.05, 4.69) is 9.88 Å². The second-order valence-electron chi connectivity index (χ2n) is 5.64. The molecule has 2 heterocycles. The van der Waals surface area contributed by atoms with E-state index in [1.807, 2.05) is 35.2 Å². The molecule has 1 fully saturated rings. The molecule has 0 unspecified atom stereocenters. The summed E-state index contributed by atoms with van der Waals surface area (Å²) >= 11 is 0. The van der Waals surface area contributed by atoms with E-state index in [0.29, 0.717) is 25.2 Å². The van der Waals surface area contributed by atoms with Gasteiger partial charge in [0.05, 0.1) is 0 Å². The van der Waals surface area contributed by atoms with Crippen molar-refractivity contribution in [2.24, 2.45) is 0 Å². The van der Waals surface area contributed by atoms with Crippen LogP contribution in [-0.2, 0) is 6.54 Å². The summed E-state index contributed by atoms with van der Waals surface area (Å²) in [6.07, 6.45) is 1.31. The summed E-state index contributed by atoms with van der Waals surface area (Å²) in [7, 11) is 0. The SMILES string of the molecule is O=C(c1ccccc1)N1CCN(Cc2cc(=O)c(O)c[nH]2)CC1. The fourth-order valence-corrected chi connectivity index (χ4v) is 2.71. The van der Waals surface area contributed by atoms with Crippen LogP contribution in [0.5, 0.6) is 5.75 Å². The van der Waals surface area contributed by atoms with Gasteiger partial charge in [-0.2, -0.15) is 0 Å². The first-order valence-corrected chi connectivity index (χ1v) is 7.61. The van der Waals surface area contributed by atoms with Gasteiger partial charge in [-0.1, -0.05) is 18.2 Å². The van der Waals surface area contributed by atoms with Gasteiger partial charge in [0.25, 0.3) is 5.91 Å². The molecule has 1 aromatic carbocycles. The maximum absolute atomic E-state index is 12.4. The maximum Gasteiger partial charge on any atom is 0.253 e. The number of carbonyl (C=O) groups is 1. The third-order valence-electron chi connectivity index (χ3n) is 4.03. The summed E-state index contributed by atoms with van der Waals surface area (Å²) in [4.78, 5) is 30.8. The van der Waals surface area contributed by atoms with Gasteiger partial charge in [-0.3, -0.25) is 14.5 Å². The van der Waals surface area contributed by atoms with E-state index in [9.17, 15) is 14.7 Å². The lowest BCUT2D eigenvalue weighted by molar-refractivity contribution is 0.0627. The molecule has 120 valence electrons. The zero-order valence-corrected chi connectivity index (χ0v) is 12.7. The van der Waals surface area contributed by atoms with Gasteiger partial charge in [-0.05, 0) is 12.1 Å². The summed E-state index contributed by atoms with van der Waals surface area (Å²) < 4.78 is 0. The van der Waals surface area contributed by atoms with E-state index in [1.165, 1.54) is 12.3 Å². The van der Waals surface area contributed by atoms with Crippen LogP contribution in [0.4, 0.5) is 0 Å². The molecule has 0 atom stereocenters. The van der Waals surface area contributed by atoms with Crippen LogP contribution in [0.15, 0.2) is 47.4 Å². The molecule has 6 heteroatoms. The van der Waals surface area contributed by atoms with Crippen LogP contribution < -0.4 is 5.43 Å². The van der Waals surface area contributed by atoms with Crippen molar-refractivity contribution in [1.82, 2.24) is 14.8 Å². The molecule has 1 amide bonds. The Morgan fingerprint density at radius 1 is 1.13 bits per heavy atom. The number of aromatic nitrogens is 1. The van der Waals surface area contributed by atoms with Crippen LogP contribution in [0.25, 0.3) is 0 Å². The van der Waals surface area contributed by atoms with Gasteiger partial charge in [0, 0.05) is 56.2 Å². The number of H-pyrrole nitrogens is 1. The molecule has 0 aliphatic carbocycles. The van der Waals surface area contributed by atoms with Crippen LogP contribution in [-0.4, -0.2) is 52.0 Å². The second kappa shape index (κ2) is 6.66. The quantitative estimate of drug-likeness (QED) is 0.887. The lowest BCUT2D eigenvalue weighted by atomic mass is 10.2. The maximum atomic E-state index is 12.4. The Hall–Kier alpha value is -2.60. The van der Waals surface area contributed by atoms with Gasteiger partial charge >= 0.3 is 0 Å². The highest BCUT2D eigenvalue weighted by molar-refractivity contribution is 5.94. The third kappa shape index (κ3) is 3.60. The second-order valence-corrected chi connectivity index (χ2v) is 5.64. The highest BCUT2D eigenvalue weighted by Crippen LogP contribution is 2.11. The lowest BCUT2D eigenvalue weighted by Gasteiger charge is -2.34. The number of carbonyl (C=O) groups excluding carboxylic acids is 1. The molecule has 6 nitrogen and oxygen atoms in total. The topological polar surface area (TPSA) is 76.6 Å². The Labute approximate surface area is 134 Å². The minimum absolute atomic E-state index is 0.0586. The molecule has 2 N–H and O–H groups in total. The first-order chi connectivity index (χ1) is 11.1. The Bertz CT molecular complexity index is 734. The molecule has 3 rings (SSSR count). The molecule has 0 radical (unpaired) electrons. The van der Waals surface area contributed by atoms with E-state index in [4.69, 9.17) is 0 Å². The molecule has 0 spiro atoms. The van der Waals surface area contributed by atoms with Crippen LogP contribution in [0.3, 0.4) is 0 Å². The largest absolute Gasteiger partial charge is 0.503 e. The number of aromatic amines is 1. The summed E-state index contributed by atoms with van der Waals surface area (Å²) in [6.45, 7) is 3.43. The molecule has 1 aliphatic rings. The Morgan fingerprint density at radius 2 is 1.83 bits per heavy atom. The van der Waals surface area contributed by atoms with Gasteiger partial charge < -0.3 is 15.0 Å². The average molecular weight is 313 g/mol. The number of hydrogen-bond donors (Lipinski definition) is 2. The van der Waals surface area contributed by atoms with Gasteiger partial charge in [0.1, 0.15) is 0 Å². The Morgan fingerprint density at radius 3 is 2.48 bits per heavy atom. The highest BCUT2D eigenvalue weighted by Gasteiger charge is 2.22. The standard InChI is InChI=1S/C17H19N3O3/c21-15-10-14(18-11-16(15)22)12-19-6-8-20(9-7-19)17(23)13-4-2-1-3-5-13/h1-5,10-11,22H,6-9,12H2,(H,18,21). The van der Waals surface area contributed by atoms with Gasteiger partial charge in [0.15, 0.2) is 5.75 Å².